The van der Waals surface area contributed by atoms with E-state index in [1.54, 1.807) is 6.07 Å². The predicted molar refractivity (Wildman–Crippen MR) is 92.6 cm³/mol. The zero-order chi connectivity index (χ0) is 16.0. The molecule has 1 rings (SSSR count). The molecule has 0 saturated heterocycles. The van der Waals surface area contributed by atoms with Gasteiger partial charge in [-0.15, -0.1) is 0 Å². The number of nitrogens with one attached hydrogen (secondary N) is 1. The lowest BCUT2D eigenvalue weighted by atomic mass is 10.1. The maximum Gasteiger partial charge on any atom is 0.326 e. The first-order chi connectivity index (χ1) is 9.90. The molecule has 5 nitrogen and oxygen atoms in total. The molecule has 0 radical (unpaired) electrons. The summed E-state index contributed by atoms with van der Waals surface area (Å²) in [5.41, 5.74) is 0.221. The topological polar surface area (TPSA) is 75.6 Å². The molecule has 0 aliphatic carbocycles. The average Bonchev–Trinajstić information content (AvgIpc) is 2.45. The van der Waals surface area contributed by atoms with E-state index in [1.807, 2.05) is 28.8 Å². The van der Waals surface area contributed by atoms with Gasteiger partial charge >= 0.3 is 5.97 Å². The Balaban J connectivity index is 2.96. The van der Waals surface area contributed by atoms with Crippen molar-refractivity contribution in [3.63, 3.8) is 0 Å². The van der Waals surface area contributed by atoms with Gasteiger partial charge in [-0.05, 0) is 53.2 Å². The number of rotatable bonds is 7. The molecule has 1 aromatic rings. The molecule has 1 atom stereocenters. The molecule has 0 aromatic heterocycles. The SMILES string of the molecule is COc1cc(I)c(Cl)cc1C(=O)NC(CCSC)C(=O)O. The van der Waals surface area contributed by atoms with Gasteiger partial charge in [0.05, 0.1) is 17.7 Å². The number of halogens is 2. The molecule has 0 heterocycles. The first-order valence-corrected chi connectivity index (χ1v) is 8.81. The number of carboxylic acids is 1. The Bertz CT molecular complexity index is 541. The zero-order valence-electron chi connectivity index (χ0n) is 11.5. The third-order valence-electron chi connectivity index (χ3n) is 2.70. The van der Waals surface area contributed by atoms with E-state index >= 15 is 0 Å². The Morgan fingerprint density at radius 3 is 2.71 bits per heavy atom. The van der Waals surface area contributed by atoms with Crippen LogP contribution < -0.4 is 10.1 Å². The molecular formula is C13H15ClINO4S. The Morgan fingerprint density at radius 2 is 2.19 bits per heavy atom. The standard InChI is InChI=1S/C13H15ClINO4S/c1-20-11-6-9(15)8(14)5-7(11)12(17)16-10(13(18)19)3-4-21-2/h5-6,10H,3-4H2,1-2H3,(H,16,17)(H,18,19). The second-order valence-electron chi connectivity index (χ2n) is 4.11. The van der Waals surface area contributed by atoms with E-state index in [1.165, 1.54) is 24.9 Å². The third-order valence-corrected chi connectivity index (χ3v) is 4.87. The molecule has 1 unspecified atom stereocenters. The average molecular weight is 444 g/mol. The molecule has 0 saturated carbocycles. The minimum absolute atomic E-state index is 0.221. The summed E-state index contributed by atoms with van der Waals surface area (Å²) in [6.45, 7) is 0. The predicted octanol–water partition coefficient (Wildman–Crippen LogP) is 2.89. The highest BCUT2D eigenvalue weighted by molar-refractivity contribution is 14.1. The van der Waals surface area contributed by atoms with Crippen molar-refractivity contribution in [2.45, 2.75) is 12.5 Å². The van der Waals surface area contributed by atoms with Crippen LogP contribution in [0.1, 0.15) is 16.8 Å². The Labute approximate surface area is 145 Å². The highest BCUT2D eigenvalue weighted by atomic mass is 127. The second-order valence-corrected chi connectivity index (χ2v) is 6.67. The number of amides is 1. The minimum Gasteiger partial charge on any atom is -0.496 e. The third kappa shape index (κ3) is 5.23. The summed E-state index contributed by atoms with van der Waals surface area (Å²) >= 11 is 9.56. The number of carbonyl (C=O) groups is 2. The van der Waals surface area contributed by atoms with Gasteiger partial charge in [-0.1, -0.05) is 11.6 Å². The number of carboxylic acid groups (broad SMARTS) is 1. The van der Waals surface area contributed by atoms with Crippen molar-refractivity contribution in [3.05, 3.63) is 26.3 Å². The van der Waals surface area contributed by atoms with E-state index in [4.69, 9.17) is 21.4 Å². The number of ether oxygens (including phenoxy) is 1. The molecule has 2 N–H and O–H groups in total. The van der Waals surface area contributed by atoms with Gasteiger partial charge in [-0.3, -0.25) is 4.79 Å². The van der Waals surface area contributed by atoms with Crippen LogP contribution in [0, 0.1) is 3.57 Å². The molecule has 1 aromatic carbocycles. The van der Waals surface area contributed by atoms with Gasteiger partial charge in [0.15, 0.2) is 0 Å². The smallest absolute Gasteiger partial charge is 0.326 e. The number of carbonyl (C=O) groups excluding carboxylic acids is 1. The van der Waals surface area contributed by atoms with Crippen molar-refractivity contribution in [1.82, 2.24) is 5.32 Å². The van der Waals surface area contributed by atoms with Crippen molar-refractivity contribution in [2.75, 3.05) is 19.1 Å². The first kappa shape index (κ1) is 18.4. The molecule has 0 fully saturated rings. The van der Waals surface area contributed by atoms with Gasteiger partial charge < -0.3 is 15.2 Å². The van der Waals surface area contributed by atoms with E-state index in [2.05, 4.69) is 5.32 Å². The molecule has 0 bridgehead atoms. The lowest BCUT2D eigenvalue weighted by molar-refractivity contribution is -0.139. The van der Waals surface area contributed by atoms with Gasteiger partial charge in [-0.25, -0.2) is 4.79 Å². The van der Waals surface area contributed by atoms with Crippen molar-refractivity contribution in [3.8, 4) is 5.75 Å². The first-order valence-electron chi connectivity index (χ1n) is 5.96. The van der Waals surface area contributed by atoms with Gasteiger partial charge in [0.1, 0.15) is 11.8 Å². The van der Waals surface area contributed by atoms with Gasteiger partial charge in [-0.2, -0.15) is 11.8 Å². The highest BCUT2D eigenvalue weighted by Gasteiger charge is 2.22. The summed E-state index contributed by atoms with van der Waals surface area (Å²) < 4.78 is 5.90. The number of hydrogen-bond donors (Lipinski definition) is 2. The van der Waals surface area contributed by atoms with Crippen LogP contribution in [0.25, 0.3) is 0 Å². The van der Waals surface area contributed by atoms with Crippen LogP contribution in [0.4, 0.5) is 0 Å². The van der Waals surface area contributed by atoms with Crippen molar-refractivity contribution >= 4 is 57.8 Å². The molecule has 0 aliphatic heterocycles. The monoisotopic (exact) mass is 443 g/mol. The van der Waals surface area contributed by atoms with Crippen molar-refractivity contribution in [1.29, 1.82) is 0 Å². The fraction of sp³-hybridized carbons (Fsp3) is 0.385. The number of hydrogen-bond acceptors (Lipinski definition) is 4. The lowest BCUT2D eigenvalue weighted by Gasteiger charge is -2.16. The van der Waals surface area contributed by atoms with Crippen LogP contribution in [0.5, 0.6) is 5.75 Å². The Kier molecular flexibility index (Phi) is 7.61. The van der Waals surface area contributed by atoms with E-state index < -0.39 is 17.9 Å². The van der Waals surface area contributed by atoms with Crippen LogP contribution in [-0.2, 0) is 4.79 Å². The Hall–Kier alpha value is -0.670. The molecule has 116 valence electrons. The number of aliphatic carboxylic acids is 1. The second kappa shape index (κ2) is 8.70. The van der Waals surface area contributed by atoms with E-state index in [9.17, 15) is 9.59 Å². The van der Waals surface area contributed by atoms with Gasteiger partial charge in [0.25, 0.3) is 5.91 Å². The highest BCUT2D eigenvalue weighted by Crippen LogP contribution is 2.28. The van der Waals surface area contributed by atoms with Crippen LogP contribution in [0.2, 0.25) is 5.02 Å². The zero-order valence-corrected chi connectivity index (χ0v) is 15.2. The largest absolute Gasteiger partial charge is 0.496 e. The van der Waals surface area contributed by atoms with E-state index in [0.29, 0.717) is 22.9 Å². The Morgan fingerprint density at radius 1 is 1.52 bits per heavy atom. The van der Waals surface area contributed by atoms with Gasteiger partial charge in [0.2, 0.25) is 0 Å². The number of benzene rings is 1. The normalized spacial score (nSPS) is 11.8. The van der Waals surface area contributed by atoms with Crippen LogP contribution in [-0.4, -0.2) is 42.1 Å². The molecule has 0 aliphatic rings. The molecule has 21 heavy (non-hydrogen) atoms. The van der Waals surface area contributed by atoms with E-state index in [0.717, 1.165) is 3.57 Å². The number of thioether (sulfide) groups is 1. The minimum atomic E-state index is -1.06. The van der Waals surface area contributed by atoms with E-state index in [-0.39, 0.29) is 5.56 Å². The van der Waals surface area contributed by atoms with Crippen molar-refractivity contribution < 1.29 is 19.4 Å². The van der Waals surface area contributed by atoms with Crippen molar-refractivity contribution in [2.24, 2.45) is 0 Å². The summed E-state index contributed by atoms with van der Waals surface area (Å²) in [6, 6.07) is 2.17. The lowest BCUT2D eigenvalue weighted by Crippen LogP contribution is -2.41. The fourth-order valence-electron chi connectivity index (χ4n) is 1.60. The summed E-state index contributed by atoms with van der Waals surface area (Å²) in [6.07, 6.45) is 2.23. The van der Waals surface area contributed by atoms with Crippen LogP contribution >= 0.6 is 46.0 Å². The molecular weight excluding hydrogens is 429 g/mol. The summed E-state index contributed by atoms with van der Waals surface area (Å²) in [5, 5.41) is 12.0. The summed E-state index contributed by atoms with van der Waals surface area (Å²) in [5.74, 6) is -0.580. The summed E-state index contributed by atoms with van der Waals surface area (Å²) in [4.78, 5) is 23.4. The van der Waals surface area contributed by atoms with Crippen LogP contribution in [0.15, 0.2) is 12.1 Å². The molecule has 1 amide bonds. The summed E-state index contributed by atoms with van der Waals surface area (Å²) in [7, 11) is 1.44. The maximum atomic E-state index is 12.2. The molecule has 8 heteroatoms. The van der Waals surface area contributed by atoms with Crippen LogP contribution in [0.3, 0.4) is 0 Å². The fourth-order valence-corrected chi connectivity index (χ4v) is 2.68. The molecule has 0 spiro atoms. The number of methoxy groups -OCH3 is 1. The maximum absolute atomic E-state index is 12.2. The quantitative estimate of drug-likeness (QED) is 0.634. The van der Waals surface area contributed by atoms with Gasteiger partial charge in [0, 0.05) is 3.57 Å².